The summed E-state index contributed by atoms with van der Waals surface area (Å²) in [6.45, 7) is 0. The first-order chi connectivity index (χ1) is 10.3. The Morgan fingerprint density at radius 3 is 3.00 bits per heavy atom. The molecule has 0 saturated heterocycles. The molecule has 0 fully saturated rings. The lowest BCUT2D eigenvalue weighted by atomic mass is 10.0. The van der Waals surface area contributed by atoms with Crippen molar-refractivity contribution in [1.82, 2.24) is 25.6 Å². The molecule has 0 saturated carbocycles. The third-order valence-corrected chi connectivity index (χ3v) is 3.25. The minimum atomic E-state index is -0.735. The third kappa shape index (κ3) is 3.32. The van der Waals surface area contributed by atoms with Crippen LogP contribution in [-0.2, 0) is 12.8 Å². The lowest BCUT2D eigenvalue weighted by Gasteiger charge is -2.06. The Hall–Kier alpha value is -2.54. The van der Waals surface area contributed by atoms with Gasteiger partial charge >= 0.3 is 0 Å². The van der Waals surface area contributed by atoms with Gasteiger partial charge in [-0.2, -0.15) is 5.21 Å². The van der Waals surface area contributed by atoms with Crippen LogP contribution in [0.1, 0.15) is 35.4 Å². The second-order valence-corrected chi connectivity index (χ2v) is 4.69. The van der Waals surface area contributed by atoms with E-state index in [1.165, 1.54) is 0 Å². The van der Waals surface area contributed by atoms with Gasteiger partial charge in [0, 0.05) is 18.3 Å². The van der Waals surface area contributed by atoms with Gasteiger partial charge < -0.3 is 9.52 Å². The molecule has 108 valence electrons. The van der Waals surface area contributed by atoms with Crippen LogP contribution in [0.4, 0.5) is 0 Å². The van der Waals surface area contributed by atoms with Gasteiger partial charge in [0.05, 0.1) is 6.26 Å². The fraction of sp³-hybridized carbons (Fsp3) is 0.286. The predicted molar refractivity (Wildman–Crippen MR) is 73.2 cm³/mol. The van der Waals surface area contributed by atoms with Crippen molar-refractivity contribution < 1.29 is 9.52 Å². The molecule has 0 radical (unpaired) electrons. The molecule has 0 aliphatic heterocycles. The van der Waals surface area contributed by atoms with E-state index in [1.807, 2.05) is 24.3 Å². The van der Waals surface area contributed by atoms with Gasteiger partial charge in [0.2, 0.25) is 5.82 Å². The smallest absolute Gasteiger partial charge is 0.202 e. The first-order valence-electron chi connectivity index (χ1n) is 6.69. The van der Waals surface area contributed by atoms with Crippen LogP contribution in [0.3, 0.4) is 0 Å². The summed E-state index contributed by atoms with van der Waals surface area (Å²) in [5.41, 5.74) is 2.01. The number of aliphatic hydroxyl groups excluding tert-OH is 1. The van der Waals surface area contributed by atoms with E-state index in [1.54, 1.807) is 12.5 Å². The van der Waals surface area contributed by atoms with Crippen LogP contribution >= 0.6 is 0 Å². The lowest BCUT2D eigenvalue weighted by Crippen LogP contribution is -2.03. The molecule has 0 bridgehead atoms. The summed E-state index contributed by atoms with van der Waals surface area (Å²) >= 11 is 0. The number of furan rings is 1. The fourth-order valence-corrected chi connectivity index (χ4v) is 2.14. The second-order valence-electron chi connectivity index (χ2n) is 4.69. The number of aliphatic hydroxyl groups is 1. The fourth-order valence-electron chi connectivity index (χ4n) is 2.14. The Balaban J connectivity index is 1.63. The Labute approximate surface area is 121 Å². The Morgan fingerprint density at radius 1 is 1.29 bits per heavy atom. The molecule has 0 amide bonds. The number of rotatable bonds is 6. The normalized spacial score (nSPS) is 12.4. The number of H-pyrrole nitrogens is 1. The number of hydrogen-bond acceptors (Lipinski definition) is 6. The molecule has 21 heavy (non-hydrogen) atoms. The summed E-state index contributed by atoms with van der Waals surface area (Å²) < 4.78 is 5.52. The molecule has 0 aromatic carbocycles. The number of pyridine rings is 1. The second kappa shape index (κ2) is 6.27. The van der Waals surface area contributed by atoms with Crippen LogP contribution in [-0.4, -0.2) is 30.7 Å². The highest BCUT2D eigenvalue weighted by Gasteiger charge is 2.15. The molecule has 3 aromatic heterocycles. The number of nitrogens with one attached hydrogen (secondary N) is 1. The van der Waals surface area contributed by atoms with Crippen molar-refractivity contribution in [1.29, 1.82) is 0 Å². The predicted octanol–water partition coefficient (Wildman–Crippen LogP) is 1.44. The van der Waals surface area contributed by atoms with E-state index < -0.39 is 6.10 Å². The molecule has 7 nitrogen and oxygen atoms in total. The van der Waals surface area contributed by atoms with E-state index in [2.05, 4.69) is 25.6 Å². The third-order valence-electron chi connectivity index (χ3n) is 3.25. The summed E-state index contributed by atoms with van der Waals surface area (Å²) in [5, 5.41) is 23.3. The van der Waals surface area contributed by atoms with Crippen LogP contribution in [0.25, 0.3) is 0 Å². The van der Waals surface area contributed by atoms with Gasteiger partial charge in [-0.05, 0) is 36.6 Å². The molecule has 2 N–H and O–H groups in total. The Kier molecular flexibility index (Phi) is 4.02. The standard InChI is InChI=1S/C14H15N5O2/c20-12(14-16-18-19-17-14)5-4-10-6-8-21-13(10)9-11-3-1-2-7-15-11/h1-3,6-8,12,20H,4-5,9H2,(H,16,17,18,19). The van der Waals surface area contributed by atoms with Crippen molar-refractivity contribution in [3.8, 4) is 0 Å². The first-order valence-corrected chi connectivity index (χ1v) is 6.69. The summed E-state index contributed by atoms with van der Waals surface area (Å²) in [6, 6.07) is 7.71. The Bertz CT molecular complexity index is 666. The average molecular weight is 285 g/mol. The van der Waals surface area contributed by atoms with E-state index >= 15 is 0 Å². The highest BCUT2D eigenvalue weighted by molar-refractivity contribution is 5.22. The van der Waals surface area contributed by atoms with Crippen molar-refractivity contribution in [2.45, 2.75) is 25.4 Å². The van der Waals surface area contributed by atoms with Crippen LogP contribution < -0.4 is 0 Å². The summed E-state index contributed by atoms with van der Waals surface area (Å²) in [7, 11) is 0. The molecule has 1 unspecified atom stereocenters. The lowest BCUT2D eigenvalue weighted by molar-refractivity contribution is 0.158. The van der Waals surface area contributed by atoms with Crippen molar-refractivity contribution >= 4 is 0 Å². The molecular formula is C14H15N5O2. The number of tetrazole rings is 1. The highest BCUT2D eigenvalue weighted by Crippen LogP contribution is 2.20. The summed E-state index contributed by atoms with van der Waals surface area (Å²) in [4.78, 5) is 4.29. The molecule has 7 heteroatoms. The van der Waals surface area contributed by atoms with Gasteiger partial charge in [-0.1, -0.05) is 11.3 Å². The zero-order valence-corrected chi connectivity index (χ0v) is 11.3. The Morgan fingerprint density at radius 2 is 2.24 bits per heavy atom. The van der Waals surface area contributed by atoms with E-state index in [0.717, 1.165) is 17.0 Å². The summed E-state index contributed by atoms with van der Waals surface area (Å²) in [5.74, 6) is 1.18. The quantitative estimate of drug-likeness (QED) is 0.710. The molecule has 0 aliphatic carbocycles. The maximum atomic E-state index is 9.96. The molecular weight excluding hydrogens is 270 g/mol. The number of nitrogens with zero attached hydrogens (tertiary/aromatic N) is 4. The van der Waals surface area contributed by atoms with Gasteiger partial charge in [-0.25, -0.2) is 0 Å². The van der Waals surface area contributed by atoms with Gasteiger partial charge in [-0.15, -0.1) is 10.2 Å². The minimum Gasteiger partial charge on any atom is -0.469 e. The monoisotopic (exact) mass is 285 g/mol. The van der Waals surface area contributed by atoms with E-state index in [4.69, 9.17) is 4.42 Å². The van der Waals surface area contributed by atoms with Crippen LogP contribution in [0.2, 0.25) is 0 Å². The van der Waals surface area contributed by atoms with E-state index in [9.17, 15) is 5.11 Å². The summed E-state index contributed by atoms with van der Waals surface area (Å²) in [6.07, 6.45) is 4.51. The van der Waals surface area contributed by atoms with Gasteiger partial charge in [0.15, 0.2) is 0 Å². The van der Waals surface area contributed by atoms with Crippen LogP contribution in [0.5, 0.6) is 0 Å². The van der Waals surface area contributed by atoms with Crippen molar-refractivity contribution in [2.24, 2.45) is 0 Å². The van der Waals surface area contributed by atoms with Crippen molar-refractivity contribution in [3.05, 3.63) is 59.6 Å². The zero-order valence-electron chi connectivity index (χ0n) is 11.3. The molecule has 0 aliphatic rings. The molecule has 3 heterocycles. The first kappa shape index (κ1) is 13.4. The van der Waals surface area contributed by atoms with Crippen molar-refractivity contribution in [3.63, 3.8) is 0 Å². The molecule has 0 spiro atoms. The van der Waals surface area contributed by atoms with Gasteiger partial charge in [-0.3, -0.25) is 4.98 Å². The van der Waals surface area contributed by atoms with Crippen molar-refractivity contribution in [2.75, 3.05) is 0 Å². The zero-order chi connectivity index (χ0) is 14.5. The molecule has 3 aromatic rings. The molecule has 1 atom stereocenters. The minimum absolute atomic E-state index is 0.310. The van der Waals surface area contributed by atoms with Crippen LogP contribution in [0, 0.1) is 0 Å². The van der Waals surface area contributed by atoms with Gasteiger partial charge in [0.25, 0.3) is 0 Å². The number of hydrogen-bond donors (Lipinski definition) is 2. The largest absolute Gasteiger partial charge is 0.469 e. The number of aromatic nitrogens is 5. The maximum Gasteiger partial charge on any atom is 0.202 e. The van der Waals surface area contributed by atoms with Crippen LogP contribution in [0.15, 0.2) is 41.1 Å². The van der Waals surface area contributed by atoms with E-state index in [-0.39, 0.29) is 0 Å². The van der Waals surface area contributed by atoms with Gasteiger partial charge in [0.1, 0.15) is 11.9 Å². The topological polar surface area (TPSA) is 101 Å². The maximum absolute atomic E-state index is 9.96. The number of aromatic amines is 1. The molecule has 3 rings (SSSR count). The number of aryl methyl sites for hydroxylation is 1. The van der Waals surface area contributed by atoms with E-state index in [0.29, 0.717) is 25.1 Å². The highest BCUT2D eigenvalue weighted by atomic mass is 16.3. The average Bonchev–Trinajstić information content (AvgIpc) is 3.18. The SMILES string of the molecule is OC(CCc1ccoc1Cc1ccccn1)c1nn[nH]n1.